The van der Waals surface area contributed by atoms with E-state index in [0.717, 1.165) is 25.9 Å². The summed E-state index contributed by atoms with van der Waals surface area (Å²) in [5.74, 6) is 1.37. The molecule has 0 saturated carbocycles. The van der Waals surface area contributed by atoms with E-state index >= 15 is 0 Å². The third-order valence-corrected chi connectivity index (χ3v) is 3.99. The zero-order valence-corrected chi connectivity index (χ0v) is 12.5. The lowest BCUT2D eigenvalue weighted by Crippen LogP contribution is -2.38. The Hall–Kier alpha value is -1.73. The summed E-state index contributed by atoms with van der Waals surface area (Å²) in [6, 6.07) is 0. The Morgan fingerprint density at radius 3 is 2.57 bits per heavy atom. The molecule has 1 fully saturated rings. The van der Waals surface area contributed by atoms with Crippen LogP contribution in [0.3, 0.4) is 0 Å². The number of aliphatic hydroxyl groups excluding tert-OH is 1. The van der Waals surface area contributed by atoms with Crippen molar-refractivity contribution in [2.45, 2.75) is 25.9 Å². The van der Waals surface area contributed by atoms with Gasteiger partial charge in [-0.05, 0) is 37.3 Å². The molecule has 7 nitrogen and oxygen atoms in total. The molecular formula is C13H17ClN6O. The highest BCUT2D eigenvalue weighted by Gasteiger charge is 2.24. The third kappa shape index (κ3) is 3.14. The molecule has 0 aliphatic carbocycles. The second-order valence-electron chi connectivity index (χ2n) is 5.24. The first-order chi connectivity index (χ1) is 10.1. The van der Waals surface area contributed by atoms with Crippen LogP contribution in [-0.4, -0.2) is 48.8 Å². The van der Waals surface area contributed by atoms with Crippen LogP contribution in [0.25, 0.3) is 5.95 Å². The normalized spacial score (nSPS) is 18.0. The first-order valence-corrected chi connectivity index (χ1v) is 7.34. The molecule has 1 unspecified atom stereocenters. The Bertz CT molecular complexity index is 595. The summed E-state index contributed by atoms with van der Waals surface area (Å²) in [5, 5.41) is 9.82. The fourth-order valence-electron chi connectivity index (χ4n) is 2.55. The van der Waals surface area contributed by atoms with Crippen molar-refractivity contribution in [3.05, 3.63) is 24.0 Å². The maximum absolute atomic E-state index is 9.66. The highest BCUT2D eigenvalue weighted by atomic mass is 35.5. The number of aliphatic hydroxyl groups is 1. The molecule has 3 heterocycles. The molecule has 0 aromatic carbocycles. The van der Waals surface area contributed by atoms with Crippen LogP contribution in [0.15, 0.2) is 18.7 Å². The van der Waals surface area contributed by atoms with Crippen molar-refractivity contribution in [1.29, 1.82) is 0 Å². The van der Waals surface area contributed by atoms with Gasteiger partial charge in [-0.1, -0.05) is 0 Å². The quantitative estimate of drug-likeness (QED) is 0.921. The van der Waals surface area contributed by atoms with Crippen LogP contribution in [0.2, 0.25) is 5.28 Å². The number of halogens is 1. The maximum Gasteiger partial charge on any atom is 0.241 e. The fraction of sp³-hybridized carbons (Fsp3) is 0.538. The molecule has 2 aromatic rings. The molecule has 112 valence electrons. The first kappa shape index (κ1) is 14.2. The van der Waals surface area contributed by atoms with Crippen molar-refractivity contribution in [2.24, 2.45) is 5.92 Å². The predicted molar refractivity (Wildman–Crippen MR) is 78.6 cm³/mol. The average molecular weight is 309 g/mol. The van der Waals surface area contributed by atoms with Gasteiger partial charge < -0.3 is 10.0 Å². The zero-order chi connectivity index (χ0) is 14.8. The Labute approximate surface area is 127 Å². The predicted octanol–water partition coefficient (Wildman–Crippen LogP) is 1.31. The summed E-state index contributed by atoms with van der Waals surface area (Å²) < 4.78 is 1.69. The van der Waals surface area contributed by atoms with Crippen LogP contribution < -0.4 is 4.90 Å². The van der Waals surface area contributed by atoms with Gasteiger partial charge in [0.2, 0.25) is 17.2 Å². The highest BCUT2D eigenvalue weighted by molar-refractivity contribution is 6.28. The van der Waals surface area contributed by atoms with Gasteiger partial charge in [-0.3, -0.25) is 4.57 Å². The molecule has 0 amide bonds. The van der Waals surface area contributed by atoms with Crippen molar-refractivity contribution < 1.29 is 5.11 Å². The van der Waals surface area contributed by atoms with Crippen LogP contribution in [0.4, 0.5) is 5.95 Å². The summed E-state index contributed by atoms with van der Waals surface area (Å²) in [6.07, 6.45) is 6.61. The number of nitrogens with zero attached hydrogens (tertiary/aromatic N) is 6. The van der Waals surface area contributed by atoms with E-state index in [-0.39, 0.29) is 11.4 Å². The average Bonchev–Trinajstić information content (AvgIpc) is 3.01. The summed E-state index contributed by atoms with van der Waals surface area (Å²) >= 11 is 6.00. The second kappa shape index (κ2) is 5.95. The Morgan fingerprint density at radius 2 is 1.95 bits per heavy atom. The van der Waals surface area contributed by atoms with Gasteiger partial charge in [0, 0.05) is 25.5 Å². The lowest BCUT2D eigenvalue weighted by Gasteiger charge is -2.33. The van der Waals surface area contributed by atoms with Crippen LogP contribution >= 0.6 is 11.6 Å². The Balaban J connectivity index is 1.80. The van der Waals surface area contributed by atoms with Crippen LogP contribution in [0.5, 0.6) is 0 Å². The minimum atomic E-state index is -0.268. The summed E-state index contributed by atoms with van der Waals surface area (Å²) in [7, 11) is 0. The molecule has 21 heavy (non-hydrogen) atoms. The lowest BCUT2D eigenvalue weighted by molar-refractivity contribution is 0.109. The molecule has 3 rings (SSSR count). The molecule has 0 bridgehead atoms. The molecule has 0 radical (unpaired) electrons. The lowest BCUT2D eigenvalue weighted by atomic mass is 9.92. The number of hydrogen-bond acceptors (Lipinski definition) is 6. The molecule has 2 aromatic heterocycles. The van der Waals surface area contributed by atoms with Crippen molar-refractivity contribution in [3.63, 3.8) is 0 Å². The number of aromatic nitrogens is 5. The molecular weight excluding hydrogens is 292 g/mol. The van der Waals surface area contributed by atoms with E-state index in [0.29, 0.717) is 17.8 Å². The highest BCUT2D eigenvalue weighted by Crippen LogP contribution is 2.24. The van der Waals surface area contributed by atoms with E-state index < -0.39 is 0 Å². The summed E-state index contributed by atoms with van der Waals surface area (Å²) in [5.41, 5.74) is 0. The third-order valence-electron chi connectivity index (χ3n) is 3.82. The number of piperidine rings is 1. The van der Waals surface area contributed by atoms with Gasteiger partial charge >= 0.3 is 0 Å². The summed E-state index contributed by atoms with van der Waals surface area (Å²) in [6.45, 7) is 3.45. The minimum Gasteiger partial charge on any atom is -0.393 e. The molecule has 1 saturated heterocycles. The van der Waals surface area contributed by atoms with Gasteiger partial charge in [0.05, 0.1) is 6.10 Å². The largest absolute Gasteiger partial charge is 0.393 e. The Morgan fingerprint density at radius 1 is 1.24 bits per heavy atom. The SMILES string of the molecule is CC(O)C1CCN(c2nc(Cl)nc(-n3ccnc3)n2)CC1. The van der Waals surface area contributed by atoms with E-state index in [9.17, 15) is 5.11 Å². The molecule has 1 aliphatic rings. The van der Waals surface area contributed by atoms with Crippen LogP contribution in [-0.2, 0) is 0 Å². The van der Waals surface area contributed by atoms with Crippen molar-refractivity contribution in [1.82, 2.24) is 24.5 Å². The van der Waals surface area contributed by atoms with Crippen LogP contribution in [0.1, 0.15) is 19.8 Å². The van der Waals surface area contributed by atoms with Crippen molar-refractivity contribution in [2.75, 3.05) is 18.0 Å². The van der Waals surface area contributed by atoms with Crippen LogP contribution in [0, 0.1) is 5.92 Å². The molecule has 1 aliphatic heterocycles. The zero-order valence-electron chi connectivity index (χ0n) is 11.7. The smallest absolute Gasteiger partial charge is 0.241 e. The van der Waals surface area contributed by atoms with E-state index in [1.807, 2.05) is 6.92 Å². The topological polar surface area (TPSA) is 80.0 Å². The van der Waals surface area contributed by atoms with Crippen molar-refractivity contribution in [3.8, 4) is 5.95 Å². The number of rotatable bonds is 3. The van der Waals surface area contributed by atoms with E-state index in [1.54, 1.807) is 23.3 Å². The molecule has 0 spiro atoms. The van der Waals surface area contributed by atoms with Gasteiger partial charge in [-0.25, -0.2) is 4.98 Å². The van der Waals surface area contributed by atoms with E-state index in [4.69, 9.17) is 11.6 Å². The van der Waals surface area contributed by atoms with Gasteiger partial charge in [0.15, 0.2) is 0 Å². The maximum atomic E-state index is 9.66. The molecule has 8 heteroatoms. The number of anilines is 1. The van der Waals surface area contributed by atoms with Gasteiger partial charge in [0.25, 0.3) is 0 Å². The van der Waals surface area contributed by atoms with E-state index in [1.165, 1.54) is 0 Å². The Kier molecular flexibility index (Phi) is 4.03. The molecule has 1 atom stereocenters. The van der Waals surface area contributed by atoms with E-state index in [2.05, 4.69) is 24.8 Å². The minimum absolute atomic E-state index is 0.168. The van der Waals surface area contributed by atoms with Crippen molar-refractivity contribution >= 4 is 17.5 Å². The standard InChI is InChI=1S/C13H17ClN6O/c1-9(21)10-2-5-19(6-3-10)12-16-11(14)17-13(18-12)20-7-4-15-8-20/h4,7-10,21H,2-3,5-6H2,1H3. The first-order valence-electron chi connectivity index (χ1n) is 6.96. The van der Waals surface area contributed by atoms with Gasteiger partial charge in [0.1, 0.15) is 6.33 Å². The fourth-order valence-corrected chi connectivity index (χ4v) is 2.70. The van der Waals surface area contributed by atoms with Gasteiger partial charge in [-0.2, -0.15) is 15.0 Å². The second-order valence-corrected chi connectivity index (χ2v) is 5.58. The number of imidazole rings is 1. The summed E-state index contributed by atoms with van der Waals surface area (Å²) in [4.78, 5) is 18.8. The number of hydrogen-bond donors (Lipinski definition) is 1. The molecule has 1 N–H and O–H groups in total. The monoisotopic (exact) mass is 308 g/mol. The van der Waals surface area contributed by atoms with Gasteiger partial charge in [-0.15, -0.1) is 0 Å².